The summed E-state index contributed by atoms with van der Waals surface area (Å²) in [5.41, 5.74) is 2.19. The van der Waals surface area contributed by atoms with Crippen LogP contribution in [0, 0.1) is 5.82 Å². The largest absolute Gasteiger partial charge is 0.379 e. The van der Waals surface area contributed by atoms with Gasteiger partial charge < -0.3 is 5.32 Å². The van der Waals surface area contributed by atoms with Gasteiger partial charge in [0, 0.05) is 17.1 Å². The van der Waals surface area contributed by atoms with Crippen molar-refractivity contribution < 1.29 is 4.39 Å². The van der Waals surface area contributed by atoms with E-state index in [1.165, 1.54) is 6.07 Å². The average molecular weight is 179 g/mol. The molecule has 1 aliphatic heterocycles. The van der Waals surface area contributed by atoms with E-state index in [4.69, 9.17) is 0 Å². The Hall–Kier alpha value is -1.05. The van der Waals surface area contributed by atoms with Crippen molar-refractivity contribution in [2.75, 3.05) is 5.32 Å². The fourth-order valence-electron chi connectivity index (χ4n) is 1.85. The van der Waals surface area contributed by atoms with E-state index in [0.717, 1.165) is 11.3 Å². The van der Waals surface area contributed by atoms with Gasteiger partial charge in [-0.2, -0.15) is 0 Å². The molecule has 0 spiro atoms. The molecular weight excluding hydrogens is 165 g/mol. The molecule has 0 amide bonds. The molecule has 2 rings (SSSR count). The number of hydrogen-bond acceptors (Lipinski definition) is 1. The third-order valence-corrected chi connectivity index (χ3v) is 3.02. The van der Waals surface area contributed by atoms with Crippen molar-refractivity contribution >= 4 is 5.69 Å². The molecule has 1 heterocycles. The molecule has 1 aliphatic rings. The number of nitrogens with one attached hydrogen (secondary N) is 1. The summed E-state index contributed by atoms with van der Waals surface area (Å²) in [4.78, 5) is 0. The van der Waals surface area contributed by atoms with Crippen LogP contribution >= 0.6 is 0 Å². The van der Waals surface area contributed by atoms with Crippen LogP contribution in [-0.4, -0.2) is 5.54 Å². The molecule has 0 aromatic heterocycles. The zero-order valence-electron chi connectivity index (χ0n) is 8.19. The molecule has 0 aliphatic carbocycles. The molecule has 13 heavy (non-hydrogen) atoms. The zero-order chi connectivity index (χ0) is 9.64. The SMILES string of the molecule is CC1c2cc(F)ccc2NC1(C)C. The summed E-state index contributed by atoms with van der Waals surface area (Å²) in [6, 6.07) is 4.94. The Morgan fingerprint density at radius 1 is 1.38 bits per heavy atom. The maximum atomic E-state index is 13.0. The molecule has 0 fully saturated rings. The molecule has 1 nitrogen and oxygen atoms in total. The van der Waals surface area contributed by atoms with Gasteiger partial charge in [-0.15, -0.1) is 0 Å². The van der Waals surface area contributed by atoms with Gasteiger partial charge in [0.2, 0.25) is 0 Å². The fourth-order valence-corrected chi connectivity index (χ4v) is 1.85. The lowest BCUT2D eigenvalue weighted by Crippen LogP contribution is -2.30. The lowest BCUT2D eigenvalue weighted by Gasteiger charge is -2.24. The molecule has 2 heteroatoms. The monoisotopic (exact) mass is 179 g/mol. The van der Waals surface area contributed by atoms with E-state index >= 15 is 0 Å². The molecule has 1 aromatic rings. The van der Waals surface area contributed by atoms with E-state index < -0.39 is 0 Å². The topological polar surface area (TPSA) is 12.0 Å². The van der Waals surface area contributed by atoms with Crippen LogP contribution in [0.4, 0.5) is 10.1 Å². The zero-order valence-corrected chi connectivity index (χ0v) is 8.19. The Bertz CT molecular complexity index is 344. The lowest BCUT2D eigenvalue weighted by molar-refractivity contribution is 0.501. The van der Waals surface area contributed by atoms with E-state index in [9.17, 15) is 4.39 Å². The molecule has 1 unspecified atom stereocenters. The van der Waals surface area contributed by atoms with Crippen molar-refractivity contribution in [1.82, 2.24) is 0 Å². The van der Waals surface area contributed by atoms with Gasteiger partial charge in [0.25, 0.3) is 0 Å². The highest BCUT2D eigenvalue weighted by atomic mass is 19.1. The maximum absolute atomic E-state index is 13.0. The maximum Gasteiger partial charge on any atom is 0.123 e. The number of anilines is 1. The summed E-state index contributed by atoms with van der Waals surface area (Å²) in [6.45, 7) is 6.39. The van der Waals surface area contributed by atoms with E-state index in [2.05, 4.69) is 26.1 Å². The van der Waals surface area contributed by atoms with Crippen molar-refractivity contribution in [3.63, 3.8) is 0 Å². The smallest absolute Gasteiger partial charge is 0.123 e. The Kier molecular flexibility index (Phi) is 1.62. The second-order valence-corrected chi connectivity index (χ2v) is 4.30. The Labute approximate surface area is 78.0 Å². The predicted octanol–water partition coefficient (Wildman–Crippen LogP) is 3.13. The van der Waals surface area contributed by atoms with E-state index in [0.29, 0.717) is 5.92 Å². The highest BCUT2D eigenvalue weighted by Gasteiger charge is 2.35. The molecule has 70 valence electrons. The van der Waals surface area contributed by atoms with Crippen molar-refractivity contribution in [2.45, 2.75) is 32.2 Å². The standard InChI is InChI=1S/C11H14FN/c1-7-9-6-8(12)4-5-10(9)13-11(7,2)3/h4-7,13H,1-3H3. The lowest BCUT2D eigenvalue weighted by atomic mass is 9.88. The van der Waals surface area contributed by atoms with Gasteiger partial charge in [-0.05, 0) is 37.6 Å². The molecule has 1 atom stereocenters. The minimum absolute atomic E-state index is 0.0378. The first-order chi connectivity index (χ1) is 6.00. The Morgan fingerprint density at radius 3 is 2.77 bits per heavy atom. The first-order valence-electron chi connectivity index (χ1n) is 4.58. The predicted molar refractivity (Wildman–Crippen MR) is 52.5 cm³/mol. The Balaban J connectivity index is 2.51. The summed E-state index contributed by atoms with van der Waals surface area (Å²) in [5, 5.41) is 3.38. The summed E-state index contributed by atoms with van der Waals surface area (Å²) < 4.78 is 13.0. The third kappa shape index (κ3) is 1.21. The molecular formula is C11H14FN. The number of rotatable bonds is 0. The summed E-state index contributed by atoms with van der Waals surface area (Å²) in [6.07, 6.45) is 0. The molecule has 1 N–H and O–H groups in total. The van der Waals surface area contributed by atoms with Gasteiger partial charge in [-0.3, -0.25) is 0 Å². The van der Waals surface area contributed by atoms with Crippen LogP contribution < -0.4 is 5.32 Å². The highest BCUT2D eigenvalue weighted by Crippen LogP contribution is 2.41. The summed E-state index contributed by atoms with van der Waals surface area (Å²) >= 11 is 0. The van der Waals surface area contributed by atoms with Crippen molar-refractivity contribution in [2.24, 2.45) is 0 Å². The van der Waals surface area contributed by atoms with Crippen molar-refractivity contribution in [3.8, 4) is 0 Å². The number of halogens is 1. The first kappa shape index (κ1) is 8.54. The fraction of sp³-hybridized carbons (Fsp3) is 0.455. The van der Waals surface area contributed by atoms with Gasteiger partial charge in [-0.25, -0.2) is 4.39 Å². The molecule has 1 aromatic carbocycles. The van der Waals surface area contributed by atoms with Crippen LogP contribution in [0.5, 0.6) is 0 Å². The number of fused-ring (bicyclic) bond motifs is 1. The molecule has 0 saturated heterocycles. The minimum atomic E-state index is -0.148. The van der Waals surface area contributed by atoms with Crippen LogP contribution in [0.25, 0.3) is 0 Å². The van der Waals surface area contributed by atoms with Crippen LogP contribution in [0.1, 0.15) is 32.3 Å². The van der Waals surface area contributed by atoms with Crippen molar-refractivity contribution in [1.29, 1.82) is 0 Å². The summed E-state index contributed by atoms with van der Waals surface area (Å²) in [7, 11) is 0. The van der Waals surface area contributed by atoms with Gasteiger partial charge >= 0.3 is 0 Å². The van der Waals surface area contributed by atoms with Crippen molar-refractivity contribution in [3.05, 3.63) is 29.6 Å². The molecule has 0 radical (unpaired) electrons. The number of hydrogen-bond donors (Lipinski definition) is 1. The van der Waals surface area contributed by atoms with Crippen LogP contribution in [0.2, 0.25) is 0 Å². The van der Waals surface area contributed by atoms with Crippen LogP contribution in [-0.2, 0) is 0 Å². The van der Waals surface area contributed by atoms with E-state index in [-0.39, 0.29) is 11.4 Å². The normalized spacial score (nSPS) is 23.8. The second-order valence-electron chi connectivity index (χ2n) is 4.30. The first-order valence-corrected chi connectivity index (χ1v) is 4.58. The second kappa shape index (κ2) is 2.47. The van der Waals surface area contributed by atoms with Crippen LogP contribution in [0.3, 0.4) is 0 Å². The average Bonchev–Trinajstić information content (AvgIpc) is 2.26. The van der Waals surface area contributed by atoms with Crippen LogP contribution in [0.15, 0.2) is 18.2 Å². The molecule has 0 saturated carbocycles. The molecule has 0 bridgehead atoms. The van der Waals surface area contributed by atoms with E-state index in [1.807, 2.05) is 6.07 Å². The third-order valence-electron chi connectivity index (χ3n) is 3.02. The minimum Gasteiger partial charge on any atom is -0.379 e. The highest BCUT2D eigenvalue weighted by molar-refractivity contribution is 5.60. The number of benzene rings is 1. The van der Waals surface area contributed by atoms with Gasteiger partial charge in [-0.1, -0.05) is 6.92 Å². The van der Waals surface area contributed by atoms with Gasteiger partial charge in [0.15, 0.2) is 0 Å². The Morgan fingerprint density at radius 2 is 2.08 bits per heavy atom. The van der Waals surface area contributed by atoms with Gasteiger partial charge in [0.05, 0.1) is 0 Å². The van der Waals surface area contributed by atoms with E-state index in [1.54, 1.807) is 6.07 Å². The quantitative estimate of drug-likeness (QED) is 0.645. The van der Waals surface area contributed by atoms with Gasteiger partial charge in [0.1, 0.15) is 5.82 Å². The summed E-state index contributed by atoms with van der Waals surface area (Å²) in [5.74, 6) is 0.211.